The van der Waals surface area contributed by atoms with Gasteiger partial charge in [-0.25, -0.2) is 0 Å². The van der Waals surface area contributed by atoms with Crippen LogP contribution in [0.2, 0.25) is 5.02 Å². The highest BCUT2D eigenvalue weighted by atomic mass is 79.9. The Labute approximate surface area is 207 Å². The molecule has 4 aromatic carbocycles. The Hall–Kier alpha value is -3.15. The molecule has 4 rings (SSSR count). The summed E-state index contributed by atoms with van der Waals surface area (Å²) in [7, 11) is 1.64. The minimum Gasteiger partial charge on any atom is -0.493 e. The van der Waals surface area contributed by atoms with Gasteiger partial charge in [-0.15, -0.1) is 0 Å². The summed E-state index contributed by atoms with van der Waals surface area (Å²) in [6.07, 6.45) is 0. The summed E-state index contributed by atoms with van der Waals surface area (Å²) in [5.74, 6) is 2.92. The van der Waals surface area contributed by atoms with Crippen LogP contribution in [0.15, 0.2) is 95.5 Å². The van der Waals surface area contributed by atoms with Gasteiger partial charge in [-0.05, 0) is 87.7 Å². The largest absolute Gasteiger partial charge is 0.493 e. The first-order valence-corrected chi connectivity index (χ1v) is 11.6. The fraction of sp³-hybridized carbons (Fsp3) is 0.111. The van der Waals surface area contributed by atoms with Gasteiger partial charge in [0.2, 0.25) is 0 Å². The first-order valence-electron chi connectivity index (χ1n) is 10.4. The molecular weight excluding hydrogens is 502 g/mol. The highest BCUT2D eigenvalue weighted by molar-refractivity contribution is 9.10. The second-order valence-corrected chi connectivity index (χ2v) is 8.61. The molecule has 0 amide bonds. The molecular formula is C27H23BrClNO3. The van der Waals surface area contributed by atoms with Crippen molar-refractivity contribution < 1.29 is 14.2 Å². The summed E-state index contributed by atoms with van der Waals surface area (Å²) in [5, 5.41) is 4.11. The van der Waals surface area contributed by atoms with E-state index in [4.69, 9.17) is 25.8 Å². The number of benzene rings is 4. The average molecular weight is 525 g/mol. The molecule has 6 heteroatoms. The van der Waals surface area contributed by atoms with E-state index in [0.29, 0.717) is 29.7 Å². The monoisotopic (exact) mass is 523 g/mol. The fourth-order valence-electron chi connectivity index (χ4n) is 3.27. The minimum atomic E-state index is 0.393. The van der Waals surface area contributed by atoms with Gasteiger partial charge in [0, 0.05) is 17.3 Å². The molecule has 4 aromatic rings. The number of anilines is 1. The lowest BCUT2D eigenvalue weighted by Crippen LogP contribution is -2.03. The predicted octanol–water partition coefficient (Wildman–Crippen LogP) is 8.09. The quantitative estimate of drug-likeness (QED) is 0.240. The lowest BCUT2D eigenvalue weighted by atomic mass is 10.2. The van der Waals surface area contributed by atoms with E-state index in [2.05, 4.69) is 21.2 Å². The number of ether oxygens (including phenoxy) is 3. The Morgan fingerprint density at radius 2 is 1.58 bits per heavy atom. The molecule has 0 aliphatic carbocycles. The summed E-state index contributed by atoms with van der Waals surface area (Å²) in [4.78, 5) is 0. The summed E-state index contributed by atoms with van der Waals surface area (Å²) >= 11 is 9.68. The van der Waals surface area contributed by atoms with Gasteiger partial charge in [0.05, 0.1) is 11.6 Å². The number of methoxy groups -OCH3 is 1. The first-order chi connectivity index (χ1) is 16.1. The van der Waals surface area contributed by atoms with Crippen molar-refractivity contribution in [2.24, 2.45) is 0 Å². The van der Waals surface area contributed by atoms with Crippen LogP contribution >= 0.6 is 27.5 Å². The van der Waals surface area contributed by atoms with E-state index in [1.165, 1.54) is 0 Å². The van der Waals surface area contributed by atoms with Crippen molar-refractivity contribution in [1.82, 2.24) is 0 Å². The number of nitrogens with one attached hydrogen (secondary N) is 1. The van der Waals surface area contributed by atoms with Crippen LogP contribution in [-0.4, -0.2) is 7.11 Å². The zero-order chi connectivity index (χ0) is 23.0. The molecule has 0 aliphatic heterocycles. The Kier molecular flexibility index (Phi) is 7.76. The van der Waals surface area contributed by atoms with Crippen LogP contribution < -0.4 is 19.5 Å². The maximum atomic E-state index is 6.06. The predicted molar refractivity (Wildman–Crippen MR) is 137 cm³/mol. The van der Waals surface area contributed by atoms with Crippen LogP contribution in [0.25, 0.3) is 0 Å². The van der Waals surface area contributed by atoms with Crippen LogP contribution in [0.5, 0.6) is 23.0 Å². The molecule has 4 nitrogen and oxygen atoms in total. The molecule has 0 atom stereocenters. The van der Waals surface area contributed by atoms with Gasteiger partial charge >= 0.3 is 0 Å². The van der Waals surface area contributed by atoms with E-state index in [-0.39, 0.29) is 0 Å². The van der Waals surface area contributed by atoms with Crippen LogP contribution in [-0.2, 0) is 13.2 Å². The average Bonchev–Trinajstić information content (AvgIpc) is 2.83. The second kappa shape index (κ2) is 11.1. The van der Waals surface area contributed by atoms with Gasteiger partial charge in [0.15, 0.2) is 11.5 Å². The Balaban J connectivity index is 1.38. The first kappa shape index (κ1) is 23.0. The molecule has 1 N–H and O–H groups in total. The molecule has 0 aliphatic rings. The van der Waals surface area contributed by atoms with E-state index >= 15 is 0 Å². The van der Waals surface area contributed by atoms with E-state index in [1.54, 1.807) is 7.11 Å². The summed E-state index contributed by atoms with van der Waals surface area (Å²) in [6, 6.07) is 29.2. The number of rotatable bonds is 9. The van der Waals surface area contributed by atoms with Crippen LogP contribution in [0.3, 0.4) is 0 Å². The third-order valence-corrected chi connectivity index (χ3v) is 5.72. The molecule has 0 radical (unpaired) electrons. The van der Waals surface area contributed by atoms with E-state index in [1.807, 2.05) is 91.0 Å². The molecule has 0 aromatic heterocycles. The van der Waals surface area contributed by atoms with E-state index < -0.39 is 0 Å². The maximum Gasteiger partial charge on any atom is 0.175 e. The van der Waals surface area contributed by atoms with Crippen LogP contribution in [0.4, 0.5) is 5.69 Å². The Bertz CT molecular complexity index is 1200. The van der Waals surface area contributed by atoms with Crippen molar-refractivity contribution in [3.8, 4) is 23.0 Å². The third kappa shape index (κ3) is 6.44. The molecule has 0 spiro atoms. The van der Waals surface area contributed by atoms with Gasteiger partial charge in [0.1, 0.15) is 18.1 Å². The normalized spacial score (nSPS) is 10.5. The third-order valence-electron chi connectivity index (χ3n) is 4.89. The van der Waals surface area contributed by atoms with Gasteiger partial charge in [-0.3, -0.25) is 0 Å². The molecule has 0 saturated carbocycles. The molecule has 0 heterocycles. The number of para-hydroxylation sites is 1. The SMILES string of the molecule is COc1cc(CNc2ccc(Oc3ccccc3)cc2)cc(Br)c1OCc1cccc(Cl)c1. The lowest BCUT2D eigenvalue weighted by molar-refractivity contribution is 0.282. The van der Waals surface area contributed by atoms with Gasteiger partial charge < -0.3 is 19.5 Å². The minimum absolute atomic E-state index is 0.393. The Morgan fingerprint density at radius 1 is 0.818 bits per heavy atom. The van der Waals surface area contributed by atoms with Crippen molar-refractivity contribution >= 4 is 33.2 Å². The van der Waals surface area contributed by atoms with Gasteiger partial charge in [0.25, 0.3) is 0 Å². The number of halogens is 2. The molecule has 0 bridgehead atoms. The van der Waals surface area contributed by atoms with E-state index in [9.17, 15) is 0 Å². The molecule has 0 fully saturated rings. The number of hydrogen-bond acceptors (Lipinski definition) is 4. The summed E-state index contributed by atoms with van der Waals surface area (Å²) in [5.41, 5.74) is 3.03. The fourth-order valence-corrected chi connectivity index (χ4v) is 4.08. The maximum absolute atomic E-state index is 6.06. The van der Waals surface area contributed by atoms with Crippen molar-refractivity contribution in [1.29, 1.82) is 0 Å². The Morgan fingerprint density at radius 3 is 2.30 bits per heavy atom. The zero-order valence-electron chi connectivity index (χ0n) is 18.1. The lowest BCUT2D eigenvalue weighted by Gasteiger charge is -2.15. The van der Waals surface area contributed by atoms with E-state index in [0.717, 1.165) is 32.8 Å². The standard InChI is InChI=1S/C27H23BrClNO3/c1-31-26-16-20(15-25(28)27(26)32-18-19-6-5-7-21(29)14-19)17-30-22-10-12-24(13-11-22)33-23-8-3-2-4-9-23/h2-16,30H,17-18H2,1H3. The highest BCUT2D eigenvalue weighted by Crippen LogP contribution is 2.37. The topological polar surface area (TPSA) is 39.7 Å². The smallest absolute Gasteiger partial charge is 0.175 e. The van der Waals surface area contributed by atoms with Crippen molar-refractivity contribution in [2.75, 3.05) is 12.4 Å². The molecule has 0 saturated heterocycles. The van der Waals surface area contributed by atoms with Gasteiger partial charge in [-0.2, -0.15) is 0 Å². The molecule has 33 heavy (non-hydrogen) atoms. The number of hydrogen-bond donors (Lipinski definition) is 1. The molecule has 168 valence electrons. The van der Waals surface area contributed by atoms with Crippen molar-refractivity contribution in [3.05, 3.63) is 112 Å². The molecule has 0 unspecified atom stereocenters. The van der Waals surface area contributed by atoms with Gasteiger partial charge in [-0.1, -0.05) is 41.9 Å². The van der Waals surface area contributed by atoms with Crippen LogP contribution in [0, 0.1) is 0 Å². The summed E-state index contributed by atoms with van der Waals surface area (Å²) in [6.45, 7) is 1.02. The van der Waals surface area contributed by atoms with Crippen molar-refractivity contribution in [3.63, 3.8) is 0 Å². The van der Waals surface area contributed by atoms with Crippen LogP contribution in [0.1, 0.15) is 11.1 Å². The van der Waals surface area contributed by atoms with Crippen molar-refractivity contribution in [2.45, 2.75) is 13.2 Å². The summed E-state index contributed by atoms with van der Waals surface area (Å²) < 4.78 is 18.3. The zero-order valence-corrected chi connectivity index (χ0v) is 20.4. The highest BCUT2D eigenvalue weighted by Gasteiger charge is 2.12. The second-order valence-electron chi connectivity index (χ2n) is 7.32.